The fourth-order valence-corrected chi connectivity index (χ4v) is 2.37. The average Bonchev–Trinajstić information content (AvgIpc) is 2.51. The Labute approximate surface area is 151 Å². The molecule has 0 saturated carbocycles. The molecule has 138 valence electrons. The van der Waals surface area contributed by atoms with Crippen LogP contribution in [0.1, 0.15) is 32.3 Å². The van der Waals surface area contributed by atoms with Gasteiger partial charge in [0.05, 0.1) is 20.0 Å². The van der Waals surface area contributed by atoms with Gasteiger partial charge in [0.15, 0.2) is 0 Å². The molecule has 0 aliphatic carbocycles. The highest BCUT2D eigenvalue weighted by Crippen LogP contribution is 2.23. The number of rotatable bonds is 9. The molecule has 0 aromatic heterocycles. The van der Waals surface area contributed by atoms with E-state index in [-0.39, 0.29) is 20.1 Å². The lowest BCUT2D eigenvalue weighted by atomic mass is 10.0. The maximum atomic E-state index is 11.8. The van der Waals surface area contributed by atoms with Gasteiger partial charge in [0.25, 0.3) is 10.1 Å². The van der Waals surface area contributed by atoms with Crippen molar-refractivity contribution in [2.75, 3.05) is 20.0 Å². The molecule has 1 aromatic rings. The first-order valence-corrected chi connectivity index (χ1v) is 9.22. The van der Waals surface area contributed by atoms with Gasteiger partial charge in [-0.3, -0.25) is 4.18 Å². The van der Waals surface area contributed by atoms with Crippen LogP contribution < -0.4 is 4.74 Å². The third-order valence-corrected chi connectivity index (χ3v) is 4.06. The number of methoxy groups -OCH3 is 1. The molecule has 0 saturated heterocycles. The molecule has 24 heavy (non-hydrogen) atoms. The van der Waals surface area contributed by atoms with Gasteiger partial charge in [-0.1, -0.05) is 19.1 Å². The molecule has 0 spiro atoms. The number of aryl methyl sites for hydroxylation is 1. The number of carbonyl (C=O) groups is 1. The zero-order valence-electron chi connectivity index (χ0n) is 14.5. The Morgan fingerprint density at radius 1 is 1.21 bits per heavy atom. The van der Waals surface area contributed by atoms with Crippen molar-refractivity contribution in [3.8, 4) is 5.75 Å². The summed E-state index contributed by atoms with van der Waals surface area (Å²) in [5.74, 6) is 0.165. The summed E-state index contributed by atoms with van der Waals surface area (Å²) in [5, 5.41) is 0. The molecule has 0 aliphatic rings. The summed E-state index contributed by atoms with van der Waals surface area (Å²) in [6.07, 6.45) is 2.81. The number of esters is 1. The molecule has 6 nitrogen and oxygen atoms in total. The standard InChI is InChI=1S/C16H24O6S.H2S/c1-5-16(2,15(17)20-3)22-14-10-8-13(9-11-14)7-6-12-21-23(4,18)19;/h8-11H,5-7,12H2,1-4H3;1H2/t16-;/m0./s1. The van der Waals surface area contributed by atoms with Crippen LogP contribution in [0.5, 0.6) is 5.75 Å². The second-order valence-corrected chi connectivity index (χ2v) is 7.10. The molecule has 0 heterocycles. The normalized spacial score (nSPS) is 13.5. The van der Waals surface area contributed by atoms with E-state index in [1.165, 1.54) is 7.11 Å². The molecule has 1 rings (SSSR count). The van der Waals surface area contributed by atoms with Crippen molar-refractivity contribution >= 4 is 29.6 Å². The summed E-state index contributed by atoms with van der Waals surface area (Å²) in [4.78, 5) is 11.8. The quantitative estimate of drug-likeness (QED) is 0.373. The SMILES string of the molecule is CC[C@](C)(Oc1ccc(CCCOS(C)(=O)=O)cc1)C(=O)OC.S. The molecule has 0 unspecified atom stereocenters. The minimum absolute atomic E-state index is 0. The summed E-state index contributed by atoms with van der Waals surface area (Å²) in [6, 6.07) is 7.32. The van der Waals surface area contributed by atoms with Crippen LogP contribution in [0.25, 0.3) is 0 Å². The molecule has 1 atom stereocenters. The molecule has 8 heteroatoms. The maximum absolute atomic E-state index is 11.8. The molecule has 0 aliphatic heterocycles. The van der Waals surface area contributed by atoms with E-state index in [0.717, 1.165) is 11.8 Å². The van der Waals surface area contributed by atoms with E-state index in [1.807, 2.05) is 19.1 Å². The highest BCUT2D eigenvalue weighted by Gasteiger charge is 2.34. The van der Waals surface area contributed by atoms with E-state index >= 15 is 0 Å². The number of carbonyl (C=O) groups excluding carboxylic acids is 1. The second kappa shape index (κ2) is 9.90. The number of hydrogen-bond acceptors (Lipinski definition) is 6. The lowest BCUT2D eigenvalue weighted by Crippen LogP contribution is -2.41. The second-order valence-electron chi connectivity index (χ2n) is 5.45. The average molecular weight is 379 g/mol. The Kier molecular flexibility index (Phi) is 9.39. The number of ether oxygens (including phenoxy) is 2. The summed E-state index contributed by atoms with van der Waals surface area (Å²) in [6.45, 7) is 3.70. The Morgan fingerprint density at radius 3 is 2.25 bits per heavy atom. The van der Waals surface area contributed by atoms with Crippen LogP contribution in [0.4, 0.5) is 0 Å². The maximum Gasteiger partial charge on any atom is 0.349 e. The van der Waals surface area contributed by atoms with Crippen LogP contribution in [-0.2, 0) is 30.3 Å². The molecule has 1 aromatic carbocycles. The largest absolute Gasteiger partial charge is 0.476 e. The van der Waals surface area contributed by atoms with E-state index in [9.17, 15) is 13.2 Å². The minimum atomic E-state index is -3.38. The van der Waals surface area contributed by atoms with E-state index in [1.54, 1.807) is 19.1 Å². The third kappa shape index (κ3) is 7.55. The molecule has 0 fully saturated rings. The Bertz CT molecular complexity index is 612. The van der Waals surface area contributed by atoms with Crippen molar-refractivity contribution in [2.45, 2.75) is 38.7 Å². The van der Waals surface area contributed by atoms with Crippen molar-refractivity contribution in [3.63, 3.8) is 0 Å². The van der Waals surface area contributed by atoms with Gasteiger partial charge in [0.1, 0.15) is 5.75 Å². The van der Waals surface area contributed by atoms with Crippen LogP contribution in [0.2, 0.25) is 0 Å². The highest BCUT2D eigenvalue weighted by molar-refractivity contribution is 7.85. The van der Waals surface area contributed by atoms with E-state index in [4.69, 9.17) is 13.7 Å². The number of benzene rings is 1. The van der Waals surface area contributed by atoms with Crippen molar-refractivity contribution in [3.05, 3.63) is 29.8 Å². The smallest absolute Gasteiger partial charge is 0.349 e. The minimum Gasteiger partial charge on any atom is -0.476 e. The lowest BCUT2D eigenvalue weighted by molar-refractivity contribution is -0.157. The fraction of sp³-hybridized carbons (Fsp3) is 0.562. The van der Waals surface area contributed by atoms with Gasteiger partial charge < -0.3 is 9.47 Å². The molecular weight excluding hydrogens is 352 g/mol. The number of hydrogen-bond donors (Lipinski definition) is 0. The molecule has 0 bridgehead atoms. The van der Waals surface area contributed by atoms with Gasteiger partial charge in [-0.05, 0) is 43.9 Å². The van der Waals surface area contributed by atoms with Crippen LogP contribution in [0.3, 0.4) is 0 Å². The van der Waals surface area contributed by atoms with Crippen molar-refractivity contribution in [2.24, 2.45) is 0 Å². The van der Waals surface area contributed by atoms with Gasteiger partial charge in [0, 0.05) is 0 Å². The summed E-state index contributed by atoms with van der Waals surface area (Å²) >= 11 is 0. The summed E-state index contributed by atoms with van der Waals surface area (Å²) in [7, 11) is -2.05. The lowest BCUT2D eigenvalue weighted by Gasteiger charge is -2.26. The van der Waals surface area contributed by atoms with Crippen LogP contribution in [0.15, 0.2) is 24.3 Å². The zero-order chi connectivity index (χ0) is 17.5. The Balaban J connectivity index is 0.00000529. The molecular formula is C16H26O6S2. The predicted molar refractivity (Wildman–Crippen MR) is 97.3 cm³/mol. The topological polar surface area (TPSA) is 78.9 Å². The molecule has 0 amide bonds. The van der Waals surface area contributed by atoms with E-state index in [2.05, 4.69) is 0 Å². The first-order valence-electron chi connectivity index (χ1n) is 7.41. The van der Waals surface area contributed by atoms with Gasteiger partial charge in [-0.15, -0.1) is 0 Å². The van der Waals surface area contributed by atoms with Crippen LogP contribution >= 0.6 is 13.5 Å². The van der Waals surface area contributed by atoms with Gasteiger partial charge in [-0.25, -0.2) is 4.79 Å². The van der Waals surface area contributed by atoms with E-state index in [0.29, 0.717) is 25.0 Å². The monoisotopic (exact) mass is 378 g/mol. The van der Waals surface area contributed by atoms with Gasteiger partial charge in [0.2, 0.25) is 5.60 Å². The van der Waals surface area contributed by atoms with Crippen molar-refractivity contribution in [1.29, 1.82) is 0 Å². The Morgan fingerprint density at radius 2 is 1.79 bits per heavy atom. The summed E-state index contributed by atoms with van der Waals surface area (Å²) < 4.78 is 36.9. The highest BCUT2D eigenvalue weighted by atomic mass is 32.2. The van der Waals surface area contributed by atoms with Gasteiger partial charge in [-0.2, -0.15) is 21.9 Å². The van der Waals surface area contributed by atoms with Crippen molar-refractivity contribution < 1.29 is 26.9 Å². The van der Waals surface area contributed by atoms with E-state index < -0.39 is 21.7 Å². The van der Waals surface area contributed by atoms with Crippen molar-refractivity contribution in [1.82, 2.24) is 0 Å². The summed E-state index contributed by atoms with van der Waals surface area (Å²) in [5.41, 5.74) is 0.0188. The fourth-order valence-electron chi connectivity index (χ4n) is 1.94. The Hall–Kier alpha value is -1.25. The molecule has 0 N–H and O–H groups in total. The van der Waals surface area contributed by atoms with Crippen LogP contribution in [0, 0.1) is 0 Å². The first kappa shape index (κ1) is 22.8. The first-order chi connectivity index (χ1) is 10.7. The van der Waals surface area contributed by atoms with Gasteiger partial charge >= 0.3 is 5.97 Å². The third-order valence-electron chi connectivity index (χ3n) is 3.47. The predicted octanol–water partition coefficient (Wildman–Crippen LogP) is 2.43. The van der Waals surface area contributed by atoms with Crippen LogP contribution in [-0.4, -0.2) is 40.0 Å². The zero-order valence-corrected chi connectivity index (χ0v) is 16.3. The molecule has 0 radical (unpaired) electrons.